The molecule has 1 aromatic rings. The highest BCUT2D eigenvalue weighted by atomic mass is 32.1. The third-order valence-corrected chi connectivity index (χ3v) is 4.97. The van der Waals surface area contributed by atoms with Crippen LogP contribution in [0, 0.1) is 19.3 Å². The van der Waals surface area contributed by atoms with Gasteiger partial charge in [-0.1, -0.05) is 20.8 Å². The summed E-state index contributed by atoms with van der Waals surface area (Å²) in [7, 11) is 0. The van der Waals surface area contributed by atoms with E-state index in [0.29, 0.717) is 11.7 Å². The van der Waals surface area contributed by atoms with Crippen molar-refractivity contribution < 1.29 is 14.3 Å². The summed E-state index contributed by atoms with van der Waals surface area (Å²) in [5.74, 6) is -0.265. The van der Waals surface area contributed by atoms with Crippen molar-refractivity contribution in [1.29, 1.82) is 0 Å². The smallest absolute Gasteiger partial charge is 0.245 e. The summed E-state index contributed by atoms with van der Waals surface area (Å²) in [5.41, 5.74) is 0.380. The van der Waals surface area contributed by atoms with Gasteiger partial charge in [-0.15, -0.1) is 11.3 Å². The molecule has 1 fully saturated rings. The summed E-state index contributed by atoms with van der Waals surface area (Å²) >= 11 is 1.45. The van der Waals surface area contributed by atoms with Crippen molar-refractivity contribution in [2.75, 3.05) is 25.0 Å². The normalized spacial score (nSPS) is 17.8. The number of thiazole rings is 1. The minimum Gasteiger partial charge on any atom is -0.376 e. The Bertz CT molecular complexity index is 581. The van der Waals surface area contributed by atoms with E-state index >= 15 is 0 Å². The molecule has 0 saturated carbocycles. The van der Waals surface area contributed by atoms with Gasteiger partial charge in [0.15, 0.2) is 5.13 Å². The van der Waals surface area contributed by atoms with E-state index in [0.717, 1.165) is 30.0 Å². The molecule has 2 amide bonds. The Morgan fingerprint density at radius 2 is 2.08 bits per heavy atom. The van der Waals surface area contributed by atoms with Crippen LogP contribution in [0.3, 0.4) is 0 Å². The molecule has 0 aliphatic carbocycles. The maximum absolute atomic E-state index is 12.7. The molecule has 24 heavy (non-hydrogen) atoms. The quantitative estimate of drug-likeness (QED) is 0.883. The molecule has 134 valence electrons. The standard InChI is InChI=1S/C17H27N3O3S/c1-11-12(2)24-16(18-11)19-14(21)10-20(15(22)17(3,4)5)9-13-7-6-8-23-13/h13H,6-10H2,1-5H3,(H,18,19,21). The summed E-state index contributed by atoms with van der Waals surface area (Å²) in [6, 6.07) is 0. The molecule has 1 aliphatic heterocycles. The molecular formula is C17H27N3O3S. The maximum Gasteiger partial charge on any atom is 0.245 e. The van der Waals surface area contributed by atoms with Crippen molar-refractivity contribution in [2.45, 2.75) is 53.6 Å². The number of amides is 2. The maximum atomic E-state index is 12.7. The van der Waals surface area contributed by atoms with Crippen molar-refractivity contribution in [1.82, 2.24) is 9.88 Å². The Morgan fingerprint density at radius 1 is 1.38 bits per heavy atom. The lowest BCUT2D eigenvalue weighted by Gasteiger charge is -2.30. The minimum atomic E-state index is -0.534. The summed E-state index contributed by atoms with van der Waals surface area (Å²) in [5, 5.41) is 3.38. The van der Waals surface area contributed by atoms with E-state index in [1.54, 1.807) is 4.90 Å². The summed E-state index contributed by atoms with van der Waals surface area (Å²) in [6.07, 6.45) is 1.96. The molecule has 2 heterocycles. The average molecular weight is 353 g/mol. The molecule has 0 radical (unpaired) electrons. The number of anilines is 1. The second-order valence-electron chi connectivity index (χ2n) is 7.28. The van der Waals surface area contributed by atoms with E-state index in [9.17, 15) is 9.59 Å². The van der Waals surface area contributed by atoms with Gasteiger partial charge in [-0.25, -0.2) is 4.98 Å². The SMILES string of the molecule is Cc1nc(NC(=O)CN(CC2CCCO2)C(=O)C(C)(C)C)sc1C. The number of nitrogens with one attached hydrogen (secondary N) is 1. The summed E-state index contributed by atoms with van der Waals surface area (Å²) < 4.78 is 5.63. The minimum absolute atomic E-state index is 0.0215. The fourth-order valence-corrected chi connectivity index (χ4v) is 3.42. The highest BCUT2D eigenvalue weighted by Gasteiger charge is 2.31. The van der Waals surface area contributed by atoms with Gasteiger partial charge in [0.2, 0.25) is 11.8 Å². The van der Waals surface area contributed by atoms with Crippen LogP contribution < -0.4 is 5.32 Å². The van der Waals surface area contributed by atoms with Crippen LogP contribution in [0.15, 0.2) is 0 Å². The molecule has 1 atom stereocenters. The zero-order valence-electron chi connectivity index (χ0n) is 15.1. The van der Waals surface area contributed by atoms with Crippen LogP contribution >= 0.6 is 11.3 Å². The van der Waals surface area contributed by atoms with E-state index in [1.165, 1.54) is 11.3 Å². The molecule has 2 rings (SSSR count). The van der Waals surface area contributed by atoms with E-state index in [1.807, 2.05) is 34.6 Å². The first kappa shape index (κ1) is 18.9. The third kappa shape index (κ3) is 5.01. The van der Waals surface area contributed by atoms with E-state index < -0.39 is 5.41 Å². The predicted molar refractivity (Wildman–Crippen MR) is 95.2 cm³/mol. The van der Waals surface area contributed by atoms with Crippen molar-refractivity contribution in [3.8, 4) is 0 Å². The molecule has 1 aromatic heterocycles. The second kappa shape index (κ2) is 7.61. The number of nitrogens with zero attached hydrogens (tertiary/aromatic N) is 2. The highest BCUT2D eigenvalue weighted by molar-refractivity contribution is 7.15. The second-order valence-corrected chi connectivity index (χ2v) is 8.48. The number of hydrogen-bond donors (Lipinski definition) is 1. The number of aromatic nitrogens is 1. The number of rotatable bonds is 5. The fraction of sp³-hybridized carbons (Fsp3) is 0.706. The van der Waals surface area contributed by atoms with Crippen LogP contribution in [0.5, 0.6) is 0 Å². The van der Waals surface area contributed by atoms with Gasteiger partial charge in [0.05, 0.1) is 11.8 Å². The zero-order valence-corrected chi connectivity index (χ0v) is 16.0. The highest BCUT2D eigenvalue weighted by Crippen LogP contribution is 2.22. The molecule has 0 spiro atoms. The molecule has 1 unspecified atom stereocenters. The third-order valence-electron chi connectivity index (χ3n) is 3.99. The van der Waals surface area contributed by atoms with Gasteiger partial charge in [0, 0.05) is 23.4 Å². The number of carbonyl (C=O) groups is 2. The monoisotopic (exact) mass is 353 g/mol. The first-order valence-corrected chi connectivity index (χ1v) is 9.13. The molecule has 1 N–H and O–H groups in total. The van der Waals surface area contributed by atoms with Gasteiger partial charge < -0.3 is 15.0 Å². The van der Waals surface area contributed by atoms with Crippen molar-refractivity contribution in [2.24, 2.45) is 5.41 Å². The number of aryl methyl sites for hydroxylation is 2. The van der Waals surface area contributed by atoms with Gasteiger partial charge in [-0.05, 0) is 26.7 Å². The van der Waals surface area contributed by atoms with E-state index in [4.69, 9.17) is 4.74 Å². The molecule has 6 nitrogen and oxygen atoms in total. The molecule has 7 heteroatoms. The summed E-state index contributed by atoms with van der Waals surface area (Å²) in [6.45, 7) is 10.7. The summed E-state index contributed by atoms with van der Waals surface area (Å²) in [4.78, 5) is 32.0. The van der Waals surface area contributed by atoms with Crippen LogP contribution in [0.1, 0.15) is 44.2 Å². The Labute approximate surface area is 147 Å². The van der Waals surface area contributed by atoms with Crippen molar-refractivity contribution >= 4 is 28.3 Å². The van der Waals surface area contributed by atoms with Crippen LogP contribution in [-0.4, -0.2) is 47.5 Å². The topological polar surface area (TPSA) is 71.5 Å². The molecular weight excluding hydrogens is 326 g/mol. The van der Waals surface area contributed by atoms with E-state index in [2.05, 4.69) is 10.3 Å². The van der Waals surface area contributed by atoms with Gasteiger partial charge in [-0.3, -0.25) is 9.59 Å². The average Bonchev–Trinajstić information content (AvgIpc) is 3.07. The number of carbonyl (C=O) groups excluding carboxylic acids is 2. The van der Waals surface area contributed by atoms with Gasteiger partial charge in [-0.2, -0.15) is 0 Å². The molecule has 1 aliphatic rings. The van der Waals surface area contributed by atoms with Gasteiger partial charge >= 0.3 is 0 Å². The van der Waals surface area contributed by atoms with E-state index in [-0.39, 0.29) is 24.5 Å². The predicted octanol–water partition coefficient (Wildman–Crippen LogP) is 2.75. The number of ether oxygens (including phenoxy) is 1. The van der Waals surface area contributed by atoms with Crippen LogP contribution in [0.2, 0.25) is 0 Å². The largest absolute Gasteiger partial charge is 0.376 e. The fourth-order valence-electron chi connectivity index (χ4n) is 2.59. The van der Waals surface area contributed by atoms with Crippen LogP contribution in [-0.2, 0) is 14.3 Å². The lowest BCUT2D eigenvalue weighted by atomic mass is 9.94. The van der Waals surface area contributed by atoms with Crippen molar-refractivity contribution in [3.63, 3.8) is 0 Å². The van der Waals surface area contributed by atoms with Gasteiger partial charge in [0.25, 0.3) is 0 Å². The zero-order chi connectivity index (χ0) is 17.9. The Hall–Kier alpha value is -1.47. The molecule has 0 bridgehead atoms. The lowest BCUT2D eigenvalue weighted by Crippen LogP contribution is -2.46. The van der Waals surface area contributed by atoms with Crippen LogP contribution in [0.25, 0.3) is 0 Å². The lowest BCUT2D eigenvalue weighted by molar-refractivity contribution is -0.143. The Kier molecular flexibility index (Phi) is 5.98. The van der Waals surface area contributed by atoms with Gasteiger partial charge in [0.1, 0.15) is 6.54 Å². The first-order valence-electron chi connectivity index (χ1n) is 8.31. The van der Waals surface area contributed by atoms with Crippen LogP contribution in [0.4, 0.5) is 5.13 Å². The first-order chi connectivity index (χ1) is 11.2. The number of hydrogen-bond acceptors (Lipinski definition) is 5. The molecule has 0 aromatic carbocycles. The van der Waals surface area contributed by atoms with Crippen molar-refractivity contribution in [3.05, 3.63) is 10.6 Å². The molecule has 1 saturated heterocycles. The Morgan fingerprint density at radius 3 is 2.58 bits per heavy atom. The Balaban J connectivity index is 2.02.